The molecule has 0 aromatic carbocycles. The topological polar surface area (TPSA) is 91.3 Å². The van der Waals surface area contributed by atoms with E-state index in [-0.39, 0.29) is 25.8 Å². The summed E-state index contributed by atoms with van der Waals surface area (Å²) in [6, 6.07) is 0. The van der Waals surface area contributed by atoms with Gasteiger partial charge in [0.2, 0.25) is 0 Å². The molecule has 0 heterocycles. The summed E-state index contributed by atoms with van der Waals surface area (Å²) >= 11 is 0. The zero-order valence-electron chi connectivity index (χ0n) is 37.3. The molecule has 2 unspecified atom stereocenters. The third kappa shape index (κ3) is 44.9. The number of rotatable bonds is 41. The summed E-state index contributed by atoms with van der Waals surface area (Å²) in [6.07, 6.45) is 52.2. The van der Waals surface area contributed by atoms with Gasteiger partial charge in [-0.25, -0.2) is 4.57 Å². The van der Waals surface area contributed by atoms with Crippen molar-refractivity contribution >= 4 is 13.8 Å². The molecule has 0 aromatic heterocycles. The quantitative estimate of drug-likeness (QED) is 0.0216. The van der Waals surface area contributed by atoms with E-state index in [2.05, 4.69) is 86.8 Å². The molecule has 0 aliphatic heterocycles. The Morgan fingerprint density at radius 1 is 0.561 bits per heavy atom. The second kappa shape index (κ2) is 40.7. The molecule has 0 bridgehead atoms. The zero-order valence-corrected chi connectivity index (χ0v) is 38.2. The lowest BCUT2D eigenvalue weighted by atomic mass is 10.1. The minimum atomic E-state index is -4.29. The Bertz CT molecular complexity index is 1140. The van der Waals surface area contributed by atoms with Crippen LogP contribution in [0.3, 0.4) is 0 Å². The van der Waals surface area contributed by atoms with Gasteiger partial charge in [0.1, 0.15) is 19.3 Å². The number of allylic oxidation sites excluding steroid dienone is 12. The normalized spacial score (nSPS) is 14.4. The smallest absolute Gasteiger partial charge is 0.457 e. The molecule has 0 aliphatic carbocycles. The highest BCUT2D eigenvalue weighted by molar-refractivity contribution is 7.47. The molecule has 9 heteroatoms. The van der Waals surface area contributed by atoms with Gasteiger partial charge in [0.05, 0.1) is 34.4 Å². The Labute approximate surface area is 351 Å². The van der Waals surface area contributed by atoms with Crippen molar-refractivity contribution in [3.05, 3.63) is 72.9 Å². The van der Waals surface area contributed by atoms with Gasteiger partial charge in [-0.05, 0) is 83.5 Å². The number of esters is 1. The van der Waals surface area contributed by atoms with E-state index >= 15 is 0 Å². The first-order valence-electron chi connectivity index (χ1n) is 22.7. The Hall–Kier alpha value is -2.06. The molecule has 0 fully saturated rings. The number of ether oxygens (including phenoxy) is 2. The van der Waals surface area contributed by atoms with Crippen molar-refractivity contribution in [2.45, 2.75) is 174 Å². The first-order chi connectivity index (χ1) is 27.6. The summed E-state index contributed by atoms with van der Waals surface area (Å²) in [5.41, 5.74) is 0. The number of carbonyl (C=O) groups excluding carboxylic acids is 1. The van der Waals surface area contributed by atoms with Crippen LogP contribution in [0.5, 0.6) is 0 Å². The molecular weight excluding hydrogens is 734 g/mol. The summed E-state index contributed by atoms with van der Waals surface area (Å²) in [6.45, 7) is 5.44. The highest BCUT2D eigenvalue weighted by atomic mass is 31.2. The number of phosphoric ester groups is 1. The molecule has 0 spiro atoms. The number of hydrogen-bond acceptors (Lipinski definition) is 6. The maximum absolute atomic E-state index is 12.7. The summed E-state index contributed by atoms with van der Waals surface area (Å²) in [5, 5.41) is 0. The molecule has 330 valence electrons. The Morgan fingerprint density at radius 2 is 1.02 bits per heavy atom. The van der Waals surface area contributed by atoms with Gasteiger partial charge in [0.25, 0.3) is 0 Å². The maximum atomic E-state index is 12.7. The van der Waals surface area contributed by atoms with Gasteiger partial charge >= 0.3 is 13.8 Å². The summed E-state index contributed by atoms with van der Waals surface area (Å²) in [7, 11) is 1.64. The van der Waals surface area contributed by atoms with E-state index < -0.39 is 13.9 Å². The van der Waals surface area contributed by atoms with Gasteiger partial charge in [-0.2, -0.15) is 0 Å². The third-order valence-electron chi connectivity index (χ3n) is 9.25. The van der Waals surface area contributed by atoms with Crippen molar-refractivity contribution < 1.29 is 37.3 Å². The number of quaternary nitrogens is 1. The van der Waals surface area contributed by atoms with Crippen LogP contribution < -0.4 is 0 Å². The molecule has 57 heavy (non-hydrogen) atoms. The van der Waals surface area contributed by atoms with Gasteiger partial charge in [-0.3, -0.25) is 13.8 Å². The van der Waals surface area contributed by atoms with Crippen molar-refractivity contribution in [1.82, 2.24) is 0 Å². The van der Waals surface area contributed by atoms with E-state index in [0.29, 0.717) is 24.1 Å². The van der Waals surface area contributed by atoms with E-state index in [4.69, 9.17) is 18.5 Å². The van der Waals surface area contributed by atoms with Gasteiger partial charge in [0, 0.05) is 13.0 Å². The lowest BCUT2D eigenvalue weighted by Gasteiger charge is -2.24. The number of likely N-dealkylation sites (N-methyl/N-ethyl adjacent to an activating group) is 1. The average Bonchev–Trinajstić information content (AvgIpc) is 3.16. The van der Waals surface area contributed by atoms with Crippen molar-refractivity contribution in [2.75, 3.05) is 54.1 Å². The SMILES string of the molecule is CC/C=C\C/C=C\C/C=C\C/C=C\C/C=C\CCCCCCCC(=O)OC(COCCCCCCCC/C=C\CCCCCC)COP(=O)(O)OCC[N+](C)(C)C. The zero-order chi connectivity index (χ0) is 42.0. The van der Waals surface area contributed by atoms with Crippen molar-refractivity contribution in [3.63, 3.8) is 0 Å². The largest absolute Gasteiger partial charge is 0.472 e. The fraction of sp³-hybridized carbons (Fsp3) is 0.729. The van der Waals surface area contributed by atoms with Crippen LogP contribution in [0, 0.1) is 0 Å². The number of hydrogen-bond donors (Lipinski definition) is 1. The summed E-state index contributed by atoms with van der Waals surface area (Å²) < 4.78 is 35.0. The first-order valence-corrected chi connectivity index (χ1v) is 24.2. The molecule has 0 aromatic rings. The molecule has 0 saturated carbocycles. The molecule has 2 atom stereocenters. The van der Waals surface area contributed by atoms with E-state index in [1.165, 1.54) is 64.2 Å². The van der Waals surface area contributed by atoms with Crippen LogP contribution >= 0.6 is 7.82 Å². The predicted molar refractivity (Wildman–Crippen MR) is 242 cm³/mol. The number of phosphoric acid groups is 1. The van der Waals surface area contributed by atoms with Crippen molar-refractivity contribution in [2.24, 2.45) is 0 Å². The van der Waals surface area contributed by atoms with Crippen molar-refractivity contribution in [1.29, 1.82) is 0 Å². The van der Waals surface area contributed by atoms with Crippen LogP contribution in [0.15, 0.2) is 72.9 Å². The highest BCUT2D eigenvalue weighted by Crippen LogP contribution is 2.43. The van der Waals surface area contributed by atoms with E-state index in [0.717, 1.165) is 83.5 Å². The molecule has 8 nitrogen and oxygen atoms in total. The third-order valence-corrected chi connectivity index (χ3v) is 10.2. The predicted octanol–water partition coefficient (Wildman–Crippen LogP) is 13.5. The lowest BCUT2D eigenvalue weighted by molar-refractivity contribution is -0.870. The van der Waals surface area contributed by atoms with Crippen LogP contribution in [-0.4, -0.2) is 75.6 Å². The summed E-state index contributed by atoms with van der Waals surface area (Å²) in [4.78, 5) is 22.9. The fourth-order valence-electron chi connectivity index (χ4n) is 5.75. The van der Waals surface area contributed by atoms with Crippen molar-refractivity contribution in [3.8, 4) is 0 Å². The van der Waals surface area contributed by atoms with Gasteiger partial charge < -0.3 is 18.9 Å². The molecule has 1 N–H and O–H groups in total. The monoisotopic (exact) mass is 821 g/mol. The Balaban J connectivity index is 4.28. The van der Waals surface area contributed by atoms with Crippen LogP contribution in [0.25, 0.3) is 0 Å². The maximum Gasteiger partial charge on any atom is 0.472 e. The molecule has 0 aliphatic rings. The lowest BCUT2D eigenvalue weighted by Crippen LogP contribution is -2.37. The van der Waals surface area contributed by atoms with Crippen LogP contribution in [0.1, 0.15) is 168 Å². The number of nitrogens with zero attached hydrogens (tertiary/aromatic N) is 1. The minimum absolute atomic E-state index is 0.0797. The van der Waals surface area contributed by atoms with Crippen LogP contribution in [0.4, 0.5) is 0 Å². The summed E-state index contributed by atoms with van der Waals surface area (Å²) in [5.74, 6) is -0.337. The number of carbonyl (C=O) groups is 1. The highest BCUT2D eigenvalue weighted by Gasteiger charge is 2.26. The Kier molecular flexibility index (Phi) is 39.2. The van der Waals surface area contributed by atoms with E-state index in [1.807, 2.05) is 21.1 Å². The molecule has 0 saturated heterocycles. The molecule has 0 radical (unpaired) electrons. The van der Waals surface area contributed by atoms with Crippen LogP contribution in [0.2, 0.25) is 0 Å². The molecule has 0 rings (SSSR count). The van der Waals surface area contributed by atoms with Gasteiger partial charge in [-0.15, -0.1) is 0 Å². The van der Waals surface area contributed by atoms with Gasteiger partial charge in [-0.1, -0.05) is 151 Å². The van der Waals surface area contributed by atoms with E-state index in [9.17, 15) is 14.3 Å². The molecule has 0 amide bonds. The number of unbranched alkanes of at least 4 members (excludes halogenated alkanes) is 15. The average molecular weight is 821 g/mol. The Morgan fingerprint density at radius 3 is 1.54 bits per heavy atom. The first kappa shape index (κ1) is 54.9. The molecular formula is C48H87NO7P+. The van der Waals surface area contributed by atoms with Crippen LogP contribution in [-0.2, 0) is 27.9 Å². The second-order valence-corrected chi connectivity index (χ2v) is 17.5. The van der Waals surface area contributed by atoms with Gasteiger partial charge in [0.15, 0.2) is 0 Å². The minimum Gasteiger partial charge on any atom is -0.457 e. The second-order valence-electron chi connectivity index (χ2n) is 16.0. The van der Waals surface area contributed by atoms with E-state index in [1.54, 1.807) is 0 Å². The standard InChI is InChI=1S/C48H86NO7P/c1-6-8-10-12-14-16-18-20-22-23-24-25-26-27-28-29-31-33-35-37-39-41-48(50)56-47(46-55-57(51,52)54-44-42-49(3,4)5)45-53-43-40-38-36-34-32-30-21-19-17-15-13-11-9-7-2/h8,10,14,16-17,19-20,22,24-25,27-28,47H,6-7,9,11-13,15,18,21,23,26,29-46H2,1-5H3/p+1/b10-8-,16-14-,19-17-,22-20-,25-24-,28-27-. The fourth-order valence-corrected chi connectivity index (χ4v) is 6.49.